The molecule has 0 aromatic rings. The Labute approximate surface area is 360 Å². The summed E-state index contributed by atoms with van der Waals surface area (Å²) in [6.07, 6.45) is 53.0. The second-order valence-corrected chi connectivity index (χ2v) is 17.1. The van der Waals surface area contributed by atoms with Crippen molar-refractivity contribution < 1.29 is 28.6 Å². The summed E-state index contributed by atoms with van der Waals surface area (Å²) in [4.78, 5) is 37.9. The number of unbranched alkanes of at least 4 members (excludes halogenated alkanes) is 31. The van der Waals surface area contributed by atoms with E-state index in [9.17, 15) is 14.4 Å². The van der Waals surface area contributed by atoms with Gasteiger partial charge in [0.15, 0.2) is 6.10 Å². The van der Waals surface area contributed by atoms with Gasteiger partial charge in [-0.3, -0.25) is 14.4 Å². The number of hydrogen-bond acceptors (Lipinski definition) is 6. The summed E-state index contributed by atoms with van der Waals surface area (Å²) in [5.41, 5.74) is 0. The fourth-order valence-corrected chi connectivity index (χ4v) is 7.31. The molecule has 0 saturated carbocycles. The average Bonchev–Trinajstić information content (AvgIpc) is 3.22. The van der Waals surface area contributed by atoms with Gasteiger partial charge < -0.3 is 14.2 Å². The quantitative estimate of drug-likeness (QED) is 0.0263. The van der Waals surface area contributed by atoms with Crippen LogP contribution in [-0.4, -0.2) is 37.2 Å². The van der Waals surface area contributed by atoms with Crippen LogP contribution in [0.2, 0.25) is 0 Å². The SMILES string of the molecule is CCCCCCC/C=C\CCCCCCCC(=O)OC(COC(=O)CCCCCCC/C=C\CCCCCCCC)COC(=O)CCCCCCCCCCCCC. The largest absolute Gasteiger partial charge is 0.462 e. The number of rotatable bonds is 46. The van der Waals surface area contributed by atoms with E-state index >= 15 is 0 Å². The van der Waals surface area contributed by atoms with Gasteiger partial charge in [0.25, 0.3) is 0 Å². The Kier molecular flexibility index (Phi) is 45.8. The molecule has 0 fully saturated rings. The molecule has 340 valence electrons. The van der Waals surface area contributed by atoms with Gasteiger partial charge in [0.2, 0.25) is 0 Å². The van der Waals surface area contributed by atoms with Crippen molar-refractivity contribution in [2.45, 2.75) is 277 Å². The van der Waals surface area contributed by atoms with Gasteiger partial charge in [-0.2, -0.15) is 0 Å². The lowest BCUT2D eigenvalue weighted by Crippen LogP contribution is -2.30. The van der Waals surface area contributed by atoms with Crippen molar-refractivity contribution in [3.63, 3.8) is 0 Å². The second kappa shape index (κ2) is 47.6. The fourth-order valence-electron chi connectivity index (χ4n) is 7.31. The minimum Gasteiger partial charge on any atom is -0.462 e. The van der Waals surface area contributed by atoms with Gasteiger partial charge >= 0.3 is 17.9 Å². The maximum atomic E-state index is 12.8. The summed E-state index contributed by atoms with van der Waals surface area (Å²) < 4.78 is 16.8. The molecule has 0 bridgehead atoms. The first kappa shape index (κ1) is 55.9. The molecule has 0 heterocycles. The first-order chi connectivity index (χ1) is 28.5. The van der Waals surface area contributed by atoms with Crippen molar-refractivity contribution in [3.8, 4) is 0 Å². The van der Waals surface area contributed by atoms with Crippen LogP contribution in [0.5, 0.6) is 0 Å². The van der Waals surface area contributed by atoms with Gasteiger partial charge in [0.05, 0.1) is 0 Å². The van der Waals surface area contributed by atoms with Crippen molar-refractivity contribution in [2.75, 3.05) is 13.2 Å². The zero-order valence-corrected chi connectivity index (χ0v) is 38.8. The molecule has 0 radical (unpaired) electrons. The molecule has 0 rings (SSSR count). The Morgan fingerprint density at radius 3 is 0.862 bits per heavy atom. The Balaban J connectivity index is 4.36. The van der Waals surface area contributed by atoms with Gasteiger partial charge in [0.1, 0.15) is 13.2 Å². The van der Waals surface area contributed by atoms with Gasteiger partial charge in [-0.1, -0.05) is 206 Å². The van der Waals surface area contributed by atoms with Crippen molar-refractivity contribution in [1.29, 1.82) is 0 Å². The standard InChI is InChI=1S/C52H96O6/c1-4-7-10-13-16-19-22-24-26-28-30-33-36-39-42-45-51(54)57-48-49(47-56-50(53)44-41-38-35-32-29-21-18-15-12-9-6-3)58-52(55)46-43-40-37-34-31-27-25-23-20-17-14-11-8-5-2/h23-26,49H,4-22,27-48H2,1-3H3/b25-23-,26-24-. The van der Waals surface area contributed by atoms with E-state index < -0.39 is 6.10 Å². The van der Waals surface area contributed by atoms with Crippen LogP contribution in [0.1, 0.15) is 271 Å². The summed E-state index contributed by atoms with van der Waals surface area (Å²) in [7, 11) is 0. The maximum Gasteiger partial charge on any atom is 0.306 e. The summed E-state index contributed by atoms with van der Waals surface area (Å²) in [5.74, 6) is -0.882. The molecule has 0 aliphatic rings. The smallest absolute Gasteiger partial charge is 0.306 e. The Bertz CT molecular complexity index is 942. The Hall–Kier alpha value is -2.11. The summed E-state index contributed by atoms with van der Waals surface area (Å²) in [5, 5.41) is 0. The molecule has 1 atom stereocenters. The third-order valence-electron chi connectivity index (χ3n) is 11.2. The Morgan fingerprint density at radius 1 is 0.328 bits per heavy atom. The second-order valence-electron chi connectivity index (χ2n) is 17.1. The molecule has 0 amide bonds. The molecule has 1 unspecified atom stereocenters. The maximum absolute atomic E-state index is 12.8. The first-order valence-electron chi connectivity index (χ1n) is 25.3. The number of ether oxygens (including phenoxy) is 3. The van der Waals surface area contributed by atoms with Crippen LogP contribution < -0.4 is 0 Å². The van der Waals surface area contributed by atoms with E-state index in [1.807, 2.05) is 0 Å². The summed E-state index contributed by atoms with van der Waals surface area (Å²) >= 11 is 0. The number of carbonyl (C=O) groups excluding carboxylic acids is 3. The molecule has 0 aliphatic heterocycles. The van der Waals surface area contributed by atoms with Crippen LogP contribution >= 0.6 is 0 Å². The normalized spacial score (nSPS) is 12.1. The highest BCUT2D eigenvalue weighted by Crippen LogP contribution is 2.15. The van der Waals surface area contributed by atoms with E-state index in [1.54, 1.807) is 0 Å². The van der Waals surface area contributed by atoms with Crippen LogP contribution in [-0.2, 0) is 28.6 Å². The number of hydrogen-bond donors (Lipinski definition) is 0. The van der Waals surface area contributed by atoms with Crippen LogP contribution in [0.4, 0.5) is 0 Å². The number of esters is 3. The van der Waals surface area contributed by atoms with Crippen LogP contribution in [0.3, 0.4) is 0 Å². The molecular formula is C52H96O6. The van der Waals surface area contributed by atoms with Crippen LogP contribution in [0, 0.1) is 0 Å². The highest BCUT2D eigenvalue weighted by molar-refractivity contribution is 5.71. The van der Waals surface area contributed by atoms with Crippen LogP contribution in [0.25, 0.3) is 0 Å². The summed E-state index contributed by atoms with van der Waals surface area (Å²) in [6, 6.07) is 0. The molecule has 0 N–H and O–H groups in total. The molecular weight excluding hydrogens is 721 g/mol. The topological polar surface area (TPSA) is 78.9 Å². The average molecular weight is 817 g/mol. The van der Waals surface area contributed by atoms with Gasteiger partial charge in [0, 0.05) is 19.3 Å². The molecule has 0 aromatic carbocycles. The zero-order valence-electron chi connectivity index (χ0n) is 38.8. The van der Waals surface area contributed by atoms with E-state index in [-0.39, 0.29) is 31.1 Å². The molecule has 0 aromatic heterocycles. The van der Waals surface area contributed by atoms with Crippen molar-refractivity contribution in [3.05, 3.63) is 24.3 Å². The van der Waals surface area contributed by atoms with E-state index in [2.05, 4.69) is 45.1 Å². The monoisotopic (exact) mass is 817 g/mol. The highest BCUT2D eigenvalue weighted by Gasteiger charge is 2.19. The van der Waals surface area contributed by atoms with Crippen LogP contribution in [0.15, 0.2) is 24.3 Å². The molecule has 58 heavy (non-hydrogen) atoms. The van der Waals surface area contributed by atoms with E-state index in [0.717, 1.165) is 70.6 Å². The molecule has 0 aliphatic carbocycles. The molecule has 0 spiro atoms. The summed E-state index contributed by atoms with van der Waals surface area (Å²) in [6.45, 7) is 6.62. The Morgan fingerprint density at radius 2 is 0.569 bits per heavy atom. The third kappa shape index (κ3) is 45.0. The highest BCUT2D eigenvalue weighted by atomic mass is 16.6. The lowest BCUT2D eigenvalue weighted by Gasteiger charge is -2.18. The minimum atomic E-state index is -0.773. The molecule has 0 saturated heterocycles. The number of carbonyl (C=O) groups is 3. The molecule has 6 nitrogen and oxygen atoms in total. The van der Waals surface area contributed by atoms with Gasteiger partial charge in [-0.05, 0) is 70.6 Å². The zero-order chi connectivity index (χ0) is 42.3. The number of allylic oxidation sites excluding steroid dienone is 4. The predicted octanol–water partition coefficient (Wildman–Crippen LogP) is 16.4. The minimum absolute atomic E-state index is 0.0739. The lowest BCUT2D eigenvalue weighted by molar-refractivity contribution is -0.167. The molecule has 6 heteroatoms. The third-order valence-corrected chi connectivity index (χ3v) is 11.2. The lowest BCUT2D eigenvalue weighted by atomic mass is 10.1. The van der Waals surface area contributed by atoms with Gasteiger partial charge in [-0.25, -0.2) is 0 Å². The predicted molar refractivity (Wildman–Crippen MR) is 247 cm³/mol. The van der Waals surface area contributed by atoms with Crippen molar-refractivity contribution in [2.24, 2.45) is 0 Å². The van der Waals surface area contributed by atoms with Gasteiger partial charge in [-0.15, -0.1) is 0 Å². The first-order valence-corrected chi connectivity index (χ1v) is 25.3. The van der Waals surface area contributed by atoms with E-state index in [0.29, 0.717) is 19.3 Å². The fraction of sp³-hybridized carbons (Fsp3) is 0.865. The van der Waals surface area contributed by atoms with Crippen molar-refractivity contribution in [1.82, 2.24) is 0 Å². The van der Waals surface area contributed by atoms with Crippen molar-refractivity contribution >= 4 is 17.9 Å². The van der Waals surface area contributed by atoms with E-state index in [1.165, 1.54) is 161 Å². The van der Waals surface area contributed by atoms with E-state index in [4.69, 9.17) is 14.2 Å².